The monoisotopic (exact) mass is 493 g/mol. The number of halogens is 1. The zero-order valence-corrected chi connectivity index (χ0v) is 20.7. The van der Waals surface area contributed by atoms with Crippen LogP contribution in [0.3, 0.4) is 0 Å². The van der Waals surface area contributed by atoms with Gasteiger partial charge < -0.3 is 15.5 Å². The van der Waals surface area contributed by atoms with Crippen LogP contribution in [0.4, 0.5) is 10.1 Å². The molecule has 0 radical (unpaired) electrons. The van der Waals surface area contributed by atoms with E-state index in [1.54, 1.807) is 11.8 Å². The van der Waals surface area contributed by atoms with E-state index >= 15 is 0 Å². The number of nitrogens with zero attached hydrogens (tertiary/aromatic N) is 1. The molecule has 1 aromatic carbocycles. The summed E-state index contributed by atoms with van der Waals surface area (Å²) in [5.74, 6) is -2.10. The summed E-state index contributed by atoms with van der Waals surface area (Å²) in [6, 6.07) is 4.71. The molecule has 2 N–H and O–H groups in total. The van der Waals surface area contributed by atoms with Crippen LogP contribution in [0.1, 0.15) is 71.1 Å². The van der Waals surface area contributed by atoms with Crippen LogP contribution in [-0.2, 0) is 25.2 Å². The summed E-state index contributed by atoms with van der Waals surface area (Å²) in [4.78, 5) is 40.1. The Morgan fingerprint density at radius 1 is 0.971 bits per heavy atom. The highest BCUT2D eigenvalue weighted by Gasteiger charge is 2.34. The van der Waals surface area contributed by atoms with Crippen LogP contribution < -0.4 is 10.6 Å². The van der Waals surface area contributed by atoms with Crippen molar-refractivity contribution in [2.75, 3.05) is 16.8 Å². The summed E-state index contributed by atoms with van der Waals surface area (Å²) in [7, 11) is -1.73. The van der Waals surface area contributed by atoms with Gasteiger partial charge in [0.15, 0.2) is 0 Å². The first kappa shape index (κ1) is 26.3. The fourth-order valence-corrected chi connectivity index (χ4v) is 5.82. The number of amides is 3. The van der Waals surface area contributed by atoms with Gasteiger partial charge in [-0.15, -0.1) is 0 Å². The molecule has 9 heteroatoms. The molecule has 2 atom stereocenters. The topological polar surface area (TPSA) is 95.6 Å². The number of hydrogen-bond donors (Lipinski definition) is 2. The van der Waals surface area contributed by atoms with E-state index in [1.807, 2.05) is 0 Å². The summed E-state index contributed by atoms with van der Waals surface area (Å²) in [6.45, 7) is 1.74. The second-order valence-corrected chi connectivity index (χ2v) is 10.9. The summed E-state index contributed by atoms with van der Waals surface area (Å²) < 4.78 is 25.7. The van der Waals surface area contributed by atoms with Crippen LogP contribution in [-0.4, -0.2) is 56.5 Å². The van der Waals surface area contributed by atoms with Crippen molar-refractivity contribution in [3.8, 4) is 0 Å². The van der Waals surface area contributed by atoms with Crippen LogP contribution in [0, 0.1) is 5.82 Å². The number of hydrogen-bond acceptors (Lipinski definition) is 4. The minimum Gasteiger partial charge on any atom is -0.352 e. The van der Waals surface area contributed by atoms with Crippen molar-refractivity contribution >= 4 is 34.2 Å². The van der Waals surface area contributed by atoms with E-state index in [9.17, 15) is 23.0 Å². The van der Waals surface area contributed by atoms with Gasteiger partial charge in [0.05, 0.1) is 0 Å². The lowest BCUT2D eigenvalue weighted by molar-refractivity contribution is -0.141. The fraction of sp³-hybridized carbons (Fsp3) is 0.640. The van der Waals surface area contributed by atoms with Crippen LogP contribution in [0.2, 0.25) is 0 Å². The van der Waals surface area contributed by atoms with Gasteiger partial charge in [-0.2, -0.15) is 0 Å². The Bertz CT molecular complexity index is 867. The Kier molecular flexibility index (Phi) is 10.0. The Morgan fingerprint density at radius 3 is 2.18 bits per heavy atom. The van der Waals surface area contributed by atoms with E-state index in [4.69, 9.17) is 0 Å². The van der Waals surface area contributed by atoms with Crippen molar-refractivity contribution in [3.05, 3.63) is 30.1 Å². The normalized spacial score (nSPS) is 19.1. The number of rotatable bonds is 9. The molecule has 0 spiro atoms. The molecule has 0 heterocycles. The maximum absolute atomic E-state index is 13.2. The number of nitrogens with one attached hydrogen (secondary N) is 2. The molecule has 3 rings (SSSR count). The summed E-state index contributed by atoms with van der Waals surface area (Å²) in [5, 5.41) is 5.68. The van der Waals surface area contributed by atoms with Gasteiger partial charge in [-0.3, -0.25) is 18.6 Å². The summed E-state index contributed by atoms with van der Waals surface area (Å²) in [6.07, 6.45) is 10.1. The number of benzene rings is 1. The molecule has 0 bridgehead atoms. The molecule has 0 aliphatic heterocycles. The minimum atomic E-state index is -1.73. The third kappa shape index (κ3) is 7.89. The van der Waals surface area contributed by atoms with Crippen LogP contribution in [0.15, 0.2) is 24.3 Å². The van der Waals surface area contributed by atoms with Crippen molar-refractivity contribution < 1.29 is 23.0 Å². The molecular weight excluding hydrogens is 457 g/mol. The first-order valence-electron chi connectivity index (χ1n) is 12.4. The lowest BCUT2D eigenvalue weighted by atomic mass is 9.92. The third-order valence-electron chi connectivity index (χ3n) is 6.71. The highest BCUT2D eigenvalue weighted by molar-refractivity contribution is 7.86. The van der Waals surface area contributed by atoms with Gasteiger partial charge in [-0.25, -0.2) is 4.39 Å². The fourth-order valence-electron chi connectivity index (χ4n) is 4.93. The van der Waals surface area contributed by atoms with Gasteiger partial charge in [0.25, 0.3) is 0 Å². The van der Waals surface area contributed by atoms with E-state index in [0.29, 0.717) is 5.69 Å². The van der Waals surface area contributed by atoms with E-state index in [2.05, 4.69) is 10.6 Å². The van der Waals surface area contributed by atoms with Crippen LogP contribution in [0.25, 0.3) is 0 Å². The van der Waals surface area contributed by atoms with Gasteiger partial charge in [-0.1, -0.05) is 38.5 Å². The Balaban J connectivity index is 1.59. The van der Waals surface area contributed by atoms with Crippen molar-refractivity contribution in [1.29, 1.82) is 0 Å². The predicted octanol–water partition coefficient (Wildman–Crippen LogP) is 3.51. The maximum Gasteiger partial charge on any atom is 0.242 e. The van der Waals surface area contributed by atoms with E-state index in [-0.39, 0.29) is 35.4 Å². The molecule has 2 fully saturated rings. The van der Waals surface area contributed by atoms with Crippen LogP contribution >= 0.6 is 0 Å². The molecule has 3 amide bonds. The Labute approximate surface area is 203 Å². The molecule has 7 nitrogen and oxygen atoms in total. The standard InChI is InChI=1S/C25H36FN3O4S/c1-18(25(32)28-20-8-4-2-5-9-20)29(22-10-6-3-7-11-22)24(31)17-34(33)16-23(30)27-21-14-12-19(26)13-15-21/h12-15,18,20,22H,2-11,16-17H2,1H3,(H,27,30)(H,28,32)/t18-,34-/m1/s1. The van der Waals surface area contributed by atoms with Crippen molar-refractivity contribution in [1.82, 2.24) is 10.2 Å². The van der Waals surface area contributed by atoms with E-state index in [0.717, 1.165) is 57.8 Å². The second kappa shape index (κ2) is 13.0. The molecule has 1 aromatic rings. The van der Waals surface area contributed by atoms with E-state index < -0.39 is 28.6 Å². The Hall–Kier alpha value is -2.29. The molecule has 188 valence electrons. The molecular formula is C25H36FN3O4S. The average Bonchev–Trinajstić information content (AvgIpc) is 2.81. The molecule has 0 saturated heterocycles. The van der Waals surface area contributed by atoms with Crippen molar-refractivity contribution in [2.45, 2.75) is 89.3 Å². The lowest BCUT2D eigenvalue weighted by Gasteiger charge is -2.38. The molecule has 2 aliphatic rings. The largest absolute Gasteiger partial charge is 0.352 e. The third-order valence-corrected chi connectivity index (χ3v) is 7.86. The molecule has 2 saturated carbocycles. The molecule has 2 aliphatic carbocycles. The summed E-state index contributed by atoms with van der Waals surface area (Å²) >= 11 is 0. The van der Waals surface area contributed by atoms with Gasteiger partial charge in [0, 0.05) is 28.6 Å². The Morgan fingerprint density at radius 2 is 1.56 bits per heavy atom. The van der Waals surface area contributed by atoms with Gasteiger partial charge in [0.2, 0.25) is 17.7 Å². The highest BCUT2D eigenvalue weighted by Crippen LogP contribution is 2.25. The first-order chi connectivity index (χ1) is 16.3. The first-order valence-corrected chi connectivity index (χ1v) is 13.8. The lowest BCUT2D eigenvalue weighted by Crippen LogP contribution is -2.55. The second-order valence-electron chi connectivity index (χ2n) is 9.40. The molecule has 0 aromatic heterocycles. The van der Waals surface area contributed by atoms with Crippen molar-refractivity contribution in [2.24, 2.45) is 0 Å². The summed E-state index contributed by atoms with van der Waals surface area (Å²) in [5.41, 5.74) is 0.395. The van der Waals surface area contributed by atoms with Crippen LogP contribution in [0.5, 0.6) is 0 Å². The minimum absolute atomic E-state index is 0.0570. The molecule has 34 heavy (non-hydrogen) atoms. The number of carbonyl (C=O) groups is 3. The van der Waals surface area contributed by atoms with Gasteiger partial charge in [0.1, 0.15) is 23.4 Å². The smallest absolute Gasteiger partial charge is 0.242 e. The maximum atomic E-state index is 13.2. The number of anilines is 1. The predicted molar refractivity (Wildman–Crippen MR) is 131 cm³/mol. The zero-order chi connectivity index (χ0) is 24.5. The number of carbonyl (C=O) groups excluding carboxylic acids is 3. The average molecular weight is 494 g/mol. The van der Waals surface area contributed by atoms with Gasteiger partial charge >= 0.3 is 0 Å². The SMILES string of the molecule is C[C@H](C(=O)NC1CCCCC1)N(C(=O)C[S@](=O)CC(=O)Nc1ccc(F)cc1)C1CCCCC1. The highest BCUT2D eigenvalue weighted by atomic mass is 32.2. The zero-order valence-electron chi connectivity index (χ0n) is 19.9. The van der Waals surface area contributed by atoms with Crippen molar-refractivity contribution in [3.63, 3.8) is 0 Å². The van der Waals surface area contributed by atoms with Gasteiger partial charge in [-0.05, 0) is 56.9 Å². The molecule has 0 unspecified atom stereocenters. The van der Waals surface area contributed by atoms with E-state index in [1.165, 1.54) is 30.7 Å². The quantitative estimate of drug-likeness (QED) is 0.550.